The molecule has 0 bridgehead atoms. The summed E-state index contributed by atoms with van der Waals surface area (Å²) in [6.45, 7) is -0.186. The van der Waals surface area contributed by atoms with Crippen LogP contribution in [0, 0.1) is 11.7 Å². The molecule has 2 aliphatic rings. The van der Waals surface area contributed by atoms with E-state index in [1.54, 1.807) is 18.5 Å². The van der Waals surface area contributed by atoms with Gasteiger partial charge in [0.25, 0.3) is 5.92 Å². The number of aliphatic carboxylic acids is 1. The molecule has 14 heteroatoms. The summed E-state index contributed by atoms with van der Waals surface area (Å²) in [6, 6.07) is 3.05. The molecule has 1 fully saturated rings. The fraction of sp³-hybridized carbons (Fsp3) is 0.417. The van der Waals surface area contributed by atoms with Gasteiger partial charge in [0.05, 0.1) is 31.2 Å². The lowest BCUT2D eigenvalue weighted by molar-refractivity contribution is -0.144. The van der Waals surface area contributed by atoms with E-state index in [0.29, 0.717) is 26.6 Å². The summed E-state index contributed by atoms with van der Waals surface area (Å²) >= 11 is 4.65. The number of rotatable bonds is 10. The van der Waals surface area contributed by atoms with E-state index >= 15 is 0 Å². The molecular weight excluding hydrogens is 593 g/mol. The Morgan fingerprint density at radius 3 is 2.82 bits per heavy atom. The van der Waals surface area contributed by atoms with Crippen LogP contribution in [0.25, 0.3) is 0 Å². The molecule has 1 saturated heterocycles. The third-order valence-corrected chi connectivity index (χ3v) is 7.42. The molecule has 2 atom stereocenters. The predicted molar refractivity (Wildman–Crippen MR) is 136 cm³/mol. The second-order valence-electron chi connectivity index (χ2n) is 8.66. The number of nitrogens with zero attached hydrogens (tertiary/aromatic N) is 3. The van der Waals surface area contributed by atoms with Crippen molar-refractivity contribution in [2.75, 3.05) is 39.5 Å². The number of ether oxygens (including phenoxy) is 2. The first-order chi connectivity index (χ1) is 18.1. The molecule has 0 radical (unpaired) electrons. The molecular formula is C24H24BrF3N4O5S. The van der Waals surface area contributed by atoms with E-state index in [0.717, 1.165) is 0 Å². The van der Waals surface area contributed by atoms with Gasteiger partial charge in [-0.05, 0) is 24.6 Å². The third kappa shape index (κ3) is 6.42. The van der Waals surface area contributed by atoms with Crippen molar-refractivity contribution in [3.05, 3.63) is 61.9 Å². The molecule has 204 valence electrons. The van der Waals surface area contributed by atoms with Crippen molar-refractivity contribution >= 4 is 45.0 Å². The molecule has 2 aliphatic heterocycles. The molecule has 3 heterocycles. The number of carbonyl (C=O) groups is 2. The summed E-state index contributed by atoms with van der Waals surface area (Å²) in [7, 11) is 0. The van der Waals surface area contributed by atoms with Crippen LogP contribution in [0.5, 0.6) is 0 Å². The lowest BCUT2D eigenvalue weighted by Gasteiger charge is -2.29. The van der Waals surface area contributed by atoms with Crippen LogP contribution in [0.4, 0.5) is 13.2 Å². The average molecular weight is 617 g/mol. The number of nitrogens with one attached hydrogen (secondary N) is 1. The second-order valence-corrected chi connectivity index (χ2v) is 10.4. The maximum atomic E-state index is 14.8. The number of aromatic nitrogens is 1. The normalized spacial score (nSPS) is 21.2. The van der Waals surface area contributed by atoms with Gasteiger partial charge in [0, 0.05) is 34.8 Å². The monoisotopic (exact) mass is 616 g/mol. The summed E-state index contributed by atoms with van der Waals surface area (Å²) in [5.74, 6) is -6.46. The summed E-state index contributed by atoms with van der Waals surface area (Å²) in [5.41, 5.74) is 0.885. The maximum absolute atomic E-state index is 14.8. The van der Waals surface area contributed by atoms with Crippen LogP contribution in [0.2, 0.25) is 0 Å². The Bertz CT molecular complexity index is 1260. The van der Waals surface area contributed by atoms with Gasteiger partial charge < -0.3 is 19.9 Å². The number of benzene rings is 1. The van der Waals surface area contributed by atoms with Gasteiger partial charge in [-0.2, -0.15) is 0 Å². The molecule has 1 aromatic carbocycles. The molecule has 4 rings (SSSR count). The highest BCUT2D eigenvalue weighted by Gasteiger charge is 2.48. The smallest absolute Gasteiger partial charge is 0.338 e. The molecule has 9 nitrogen and oxygen atoms in total. The minimum atomic E-state index is -3.14. The number of carboxylic acid groups (broad SMARTS) is 1. The number of alkyl halides is 2. The van der Waals surface area contributed by atoms with Crippen molar-refractivity contribution in [3.63, 3.8) is 0 Å². The molecule has 0 amide bonds. The number of likely N-dealkylation sites (tertiary alicyclic amines) is 1. The minimum Gasteiger partial charge on any atom is -0.480 e. The van der Waals surface area contributed by atoms with Gasteiger partial charge in [0.15, 0.2) is 10.8 Å². The number of amidine groups is 1. The third-order valence-electron chi connectivity index (χ3n) is 5.95. The molecule has 0 aliphatic carbocycles. The number of esters is 1. The van der Waals surface area contributed by atoms with Gasteiger partial charge in [-0.1, -0.05) is 22.0 Å². The number of hydrogen-bond donors (Lipinski definition) is 2. The fourth-order valence-corrected chi connectivity index (χ4v) is 5.47. The first kappa shape index (κ1) is 28.2. The number of carbonyl (C=O) groups excluding carboxylic acids is 1. The van der Waals surface area contributed by atoms with Gasteiger partial charge in [-0.3, -0.25) is 9.89 Å². The molecule has 0 spiro atoms. The molecule has 2 aromatic rings. The minimum absolute atomic E-state index is 0.0702. The lowest BCUT2D eigenvalue weighted by Crippen LogP contribution is -2.39. The number of carboxylic acids is 1. The number of hydrogen-bond acceptors (Lipinski definition) is 9. The van der Waals surface area contributed by atoms with Gasteiger partial charge in [-0.25, -0.2) is 27.7 Å². The zero-order valence-electron chi connectivity index (χ0n) is 20.1. The largest absolute Gasteiger partial charge is 0.480 e. The molecule has 2 N–H and O–H groups in total. The molecule has 38 heavy (non-hydrogen) atoms. The fourth-order valence-electron chi connectivity index (χ4n) is 4.31. The van der Waals surface area contributed by atoms with Gasteiger partial charge >= 0.3 is 11.9 Å². The average Bonchev–Trinajstić information content (AvgIpc) is 3.46. The summed E-state index contributed by atoms with van der Waals surface area (Å²) < 4.78 is 54.0. The Labute approximate surface area is 228 Å². The van der Waals surface area contributed by atoms with Gasteiger partial charge in [0.2, 0.25) is 0 Å². The van der Waals surface area contributed by atoms with Crippen molar-refractivity contribution in [3.8, 4) is 0 Å². The van der Waals surface area contributed by atoms with Crippen LogP contribution in [-0.4, -0.2) is 78.1 Å². The van der Waals surface area contributed by atoms with Gasteiger partial charge in [-0.15, -0.1) is 11.3 Å². The van der Waals surface area contributed by atoms with E-state index in [2.05, 4.69) is 26.2 Å². The quantitative estimate of drug-likeness (QED) is 0.389. The maximum Gasteiger partial charge on any atom is 0.338 e. The molecule has 0 saturated carbocycles. The van der Waals surface area contributed by atoms with Crippen LogP contribution in [0.3, 0.4) is 0 Å². The van der Waals surface area contributed by atoms with Crippen molar-refractivity contribution in [1.82, 2.24) is 15.2 Å². The lowest BCUT2D eigenvalue weighted by atomic mass is 9.95. The Morgan fingerprint density at radius 2 is 2.16 bits per heavy atom. The topological polar surface area (TPSA) is 113 Å². The zero-order valence-corrected chi connectivity index (χ0v) is 22.5. The number of halogens is 4. The van der Waals surface area contributed by atoms with Crippen molar-refractivity contribution < 1.29 is 37.3 Å². The van der Waals surface area contributed by atoms with E-state index in [-0.39, 0.29) is 25.3 Å². The standard InChI is InChI=1S/C24H24BrF3N4O5S/c1-2-37-23(35)19-17(9-32-8-13(24(27,28)12-32)10-36-11-18(33)34)30-21(22-29-5-6-38-22)31-20(19)15-4-3-14(26)7-16(15)25/h3-7,13,20H,2,8-12H2,1H3,(H,30,31)(H,33,34). The number of aliphatic imine (C=N–C) groups is 1. The Morgan fingerprint density at radius 1 is 1.37 bits per heavy atom. The van der Waals surface area contributed by atoms with E-state index in [1.807, 2.05) is 0 Å². The van der Waals surface area contributed by atoms with Gasteiger partial charge in [0.1, 0.15) is 18.5 Å². The Balaban J connectivity index is 1.70. The van der Waals surface area contributed by atoms with Crippen molar-refractivity contribution in [2.45, 2.75) is 18.9 Å². The zero-order chi connectivity index (χ0) is 27.4. The number of thiazole rings is 1. The predicted octanol–water partition coefficient (Wildman–Crippen LogP) is 3.62. The highest BCUT2D eigenvalue weighted by atomic mass is 79.9. The summed E-state index contributed by atoms with van der Waals surface area (Å²) in [5, 5.41) is 14.1. The van der Waals surface area contributed by atoms with Crippen LogP contribution in [-0.2, 0) is 19.1 Å². The van der Waals surface area contributed by atoms with Crippen LogP contribution < -0.4 is 5.32 Å². The summed E-state index contributed by atoms with van der Waals surface area (Å²) in [4.78, 5) is 34.3. The Kier molecular flexibility index (Phi) is 8.85. The first-order valence-corrected chi connectivity index (χ1v) is 13.3. The van der Waals surface area contributed by atoms with E-state index in [4.69, 9.17) is 19.6 Å². The Hall–Kier alpha value is -2.81. The van der Waals surface area contributed by atoms with Crippen LogP contribution in [0.15, 0.2) is 50.5 Å². The van der Waals surface area contributed by atoms with Crippen molar-refractivity contribution in [2.24, 2.45) is 10.9 Å². The highest BCUT2D eigenvalue weighted by Crippen LogP contribution is 2.38. The van der Waals surface area contributed by atoms with E-state index < -0.39 is 55.4 Å². The van der Waals surface area contributed by atoms with Crippen molar-refractivity contribution in [1.29, 1.82) is 0 Å². The molecule has 2 unspecified atom stereocenters. The van der Waals surface area contributed by atoms with E-state index in [1.165, 1.54) is 34.4 Å². The first-order valence-electron chi connectivity index (χ1n) is 11.6. The highest BCUT2D eigenvalue weighted by molar-refractivity contribution is 9.10. The van der Waals surface area contributed by atoms with E-state index in [9.17, 15) is 22.8 Å². The second kappa shape index (κ2) is 11.9. The SMILES string of the molecule is CCOC(=O)C1=C(CN2CC(COCC(=O)O)C(F)(F)C2)NC(c2nccs2)=NC1c1ccc(F)cc1Br. The van der Waals surface area contributed by atoms with Crippen LogP contribution >= 0.6 is 27.3 Å². The summed E-state index contributed by atoms with van der Waals surface area (Å²) in [6.07, 6.45) is 1.58. The van der Waals surface area contributed by atoms with Crippen LogP contribution in [0.1, 0.15) is 23.5 Å². The molecule has 1 aromatic heterocycles.